The molecule has 0 aromatic heterocycles. The van der Waals surface area contributed by atoms with E-state index in [1.54, 1.807) is 36.4 Å². The van der Waals surface area contributed by atoms with Crippen molar-refractivity contribution >= 4 is 23.7 Å². The Labute approximate surface area is 123 Å². The molecule has 5 heteroatoms. The standard InChI is InChI=1S/C16H17N3O2/c1-2-12-13(10-17)14(18)8-9-15(12)19-16(20)21-11-6-4-3-5-7-11/h3-10,17H,2,18H2,1H3,(H,19,20). The van der Waals surface area contributed by atoms with Gasteiger partial charge in [-0.2, -0.15) is 0 Å². The van der Waals surface area contributed by atoms with Crippen molar-refractivity contribution in [3.8, 4) is 5.75 Å². The average molecular weight is 283 g/mol. The Hall–Kier alpha value is -2.82. The van der Waals surface area contributed by atoms with E-state index in [1.807, 2.05) is 13.0 Å². The van der Waals surface area contributed by atoms with E-state index in [1.165, 1.54) is 6.21 Å². The highest BCUT2D eigenvalue weighted by atomic mass is 16.6. The Kier molecular flexibility index (Phi) is 4.56. The maximum Gasteiger partial charge on any atom is 0.417 e. The molecule has 0 fully saturated rings. The number of rotatable bonds is 4. The Morgan fingerprint density at radius 3 is 2.62 bits per heavy atom. The minimum absolute atomic E-state index is 0.468. The Balaban J connectivity index is 2.19. The van der Waals surface area contributed by atoms with Crippen LogP contribution in [0.1, 0.15) is 18.1 Å². The van der Waals surface area contributed by atoms with Crippen LogP contribution in [0.25, 0.3) is 0 Å². The zero-order chi connectivity index (χ0) is 15.2. The number of carbonyl (C=O) groups is 1. The van der Waals surface area contributed by atoms with Crippen LogP contribution in [-0.4, -0.2) is 12.3 Å². The van der Waals surface area contributed by atoms with Gasteiger partial charge in [-0.1, -0.05) is 25.1 Å². The smallest absolute Gasteiger partial charge is 0.410 e. The fraction of sp³-hybridized carbons (Fsp3) is 0.125. The first-order chi connectivity index (χ1) is 10.2. The van der Waals surface area contributed by atoms with Crippen molar-refractivity contribution in [2.75, 3.05) is 11.1 Å². The van der Waals surface area contributed by atoms with Crippen molar-refractivity contribution in [1.29, 1.82) is 5.41 Å². The number of nitrogen functional groups attached to an aromatic ring is 1. The Morgan fingerprint density at radius 1 is 1.29 bits per heavy atom. The van der Waals surface area contributed by atoms with E-state index in [-0.39, 0.29) is 0 Å². The molecule has 2 rings (SSSR count). The number of ether oxygens (including phenoxy) is 1. The van der Waals surface area contributed by atoms with Gasteiger partial charge < -0.3 is 15.9 Å². The number of nitrogens with one attached hydrogen (secondary N) is 2. The highest BCUT2D eigenvalue weighted by Crippen LogP contribution is 2.25. The van der Waals surface area contributed by atoms with E-state index in [2.05, 4.69) is 5.32 Å². The van der Waals surface area contributed by atoms with Gasteiger partial charge in [-0.3, -0.25) is 5.32 Å². The quantitative estimate of drug-likeness (QED) is 0.593. The van der Waals surface area contributed by atoms with Gasteiger partial charge in [-0.15, -0.1) is 0 Å². The molecule has 5 nitrogen and oxygen atoms in total. The molecule has 4 N–H and O–H groups in total. The van der Waals surface area contributed by atoms with Crippen LogP contribution in [0.5, 0.6) is 5.75 Å². The van der Waals surface area contributed by atoms with Crippen LogP contribution in [-0.2, 0) is 6.42 Å². The first-order valence-corrected chi connectivity index (χ1v) is 6.61. The van der Waals surface area contributed by atoms with Crippen molar-refractivity contribution in [2.24, 2.45) is 0 Å². The molecule has 21 heavy (non-hydrogen) atoms. The van der Waals surface area contributed by atoms with Gasteiger partial charge in [0.05, 0.1) is 0 Å². The lowest BCUT2D eigenvalue weighted by Crippen LogP contribution is -2.18. The Bertz CT molecular complexity index is 654. The minimum atomic E-state index is -0.573. The number of benzene rings is 2. The SMILES string of the molecule is CCc1c(NC(=O)Oc2ccccc2)ccc(N)c1C=N. The molecule has 0 saturated carbocycles. The summed E-state index contributed by atoms with van der Waals surface area (Å²) in [5, 5.41) is 10.1. The van der Waals surface area contributed by atoms with Gasteiger partial charge in [0.2, 0.25) is 0 Å². The van der Waals surface area contributed by atoms with Gasteiger partial charge in [-0.25, -0.2) is 4.79 Å². The number of anilines is 2. The number of hydrogen-bond acceptors (Lipinski definition) is 4. The molecule has 2 aromatic rings. The average Bonchev–Trinajstić information content (AvgIpc) is 2.49. The summed E-state index contributed by atoms with van der Waals surface area (Å²) in [7, 11) is 0. The number of hydrogen-bond donors (Lipinski definition) is 3. The van der Waals surface area contributed by atoms with Gasteiger partial charge >= 0.3 is 6.09 Å². The van der Waals surface area contributed by atoms with Crippen LogP contribution in [0, 0.1) is 5.41 Å². The predicted octanol–water partition coefficient (Wildman–Crippen LogP) is 3.44. The zero-order valence-electron chi connectivity index (χ0n) is 11.7. The predicted molar refractivity (Wildman–Crippen MR) is 84.2 cm³/mol. The molecule has 1 amide bonds. The lowest BCUT2D eigenvalue weighted by molar-refractivity contribution is 0.215. The second-order valence-electron chi connectivity index (χ2n) is 4.42. The molecule has 0 aliphatic heterocycles. The summed E-state index contributed by atoms with van der Waals surface area (Å²) in [4.78, 5) is 11.9. The van der Waals surface area contributed by atoms with Gasteiger partial charge in [0.1, 0.15) is 5.75 Å². The number of nitrogens with two attached hydrogens (primary N) is 1. The summed E-state index contributed by atoms with van der Waals surface area (Å²) in [5.74, 6) is 0.468. The molecule has 2 aromatic carbocycles. The topological polar surface area (TPSA) is 88.2 Å². The molecule has 0 unspecified atom stereocenters. The van der Waals surface area contributed by atoms with Crippen molar-refractivity contribution < 1.29 is 9.53 Å². The lowest BCUT2D eigenvalue weighted by atomic mass is 10.0. The van der Waals surface area contributed by atoms with Crippen LogP contribution in [0.3, 0.4) is 0 Å². The monoisotopic (exact) mass is 283 g/mol. The van der Waals surface area contributed by atoms with Gasteiger partial charge in [0.25, 0.3) is 0 Å². The van der Waals surface area contributed by atoms with Gasteiger partial charge in [0.15, 0.2) is 0 Å². The van der Waals surface area contributed by atoms with Crippen molar-refractivity contribution in [1.82, 2.24) is 0 Å². The van der Waals surface area contributed by atoms with E-state index < -0.39 is 6.09 Å². The van der Waals surface area contributed by atoms with Crippen molar-refractivity contribution in [3.63, 3.8) is 0 Å². The highest BCUT2D eigenvalue weighted by Gasteiger charge is 2.12. The third-order valence-electron chi connectivity index (χ3n) is 3.08. The molecule has 0 radical (unpaired) electrons. The van der Waals surface area contributed by atoms with E-state index in [0.29, 0.717) is 29.1 Å². The van der Waals surface area contributed by atoms with Gasteiger partial charge in [0, 0.05) is 23.2 Å². The number of carbonyl (C=O) groups excluding carboxylic acids is 1. The lowest BCUT2D eigenvalue weighted by Gasteiger charge is -2.14. The molecule has 0 saturated heterocycles. The molecule has 0 atom stereocenters. The highest BCUT2D eigenvalue weighted by molar-refractivity contribution is 5.94. The molecule has 0 aliphatic carbocycles. The first kappa shape index (κ1) is 14.6. The van der Waals surface area contributed by atoms with E-state index in [0.717, 1.165) is 5.56 Å². The first-order valence-electron chi connectivity index (χ1n) is 6.61. The van der Waals surface area contributed by atoms with Crippen LogP contribution in [0.4, 0.5) is 16.2 Å². The van der Waals surface area contributed by atoms with E-state index >= 15 is 0 Å². The van der Waals surface area contributed by atoms with Crippen LogP contribution >= 0.6 is 0 Å². The van der Waals surface area contributed by atoms with E-state index in [9.17, 15) is 4.79 Å². The fourth-order valence-electron chi connectivity index (χ4n) is 2.08. The Morgan fingerprint density at radius 2 is 2.00 bits per heavy atom. The van der Waals surface area contributed by atoms with Crippen LogP contribution in [0.15, 0.2) is 42.5 Å². The van der Waals surface area contributed by atoms with Crippen molar-refractivity contribution in [3.05, 3.63) is 53.6 Å². The molecule has 108 valence electrons. The summed E-state index contributed by atoms with van der Waals surface area (Å²) in [6.45, 7) is 1.94. The number of para-hydroxylation sites is 1. The van der Waals surface area contributed by atoms with Crippen LogP contribution in [0.2, 0.25) is 0 Å². The third-order valence-corrected chi connectivity index (χ3v) is 3.08. The van der Waals surface area contributed by atoms with Crippen molar-refractivity contribution in [2.45, 2.75) is 13.3 Å². The maximum atomic E-state index is 11.9. The summed E-state index contributed by atoms with van der Waals surface area (Å²) in [5.41, 5.74) is 8.39. The number of amides is 1. The molecule has 0 spiro atoms. The summed E-state index contributed by atoms with van der Waals surface area (Å²) >= 11 is 0. The molecule has 0 aliphatic rings. The summed E-state index contributed by atoms with van der Waals surface area (Å²) in [6, 6.07) is 12.2. The third kappa shape index (κ3) is 3.39. The summed E-state index contributed by atoms with van der Waals surface area (Å²) in [6.07, 6.45) is 1.27. The largest absolute Gasteiger partial charge is 0.417 e. The molecule has 0 bridgehead atoms. The fourth-order valence-corrected chi connectivity index (χ4v) is 2.08. The summed E-state index contributed by atoms with van der Waals surface area (Å²) < 4.78 is 5.18. The second-order valence-corrected chi connectivity index (χ2v) is 4.42. The minimum Gasteiger partial charge on any atom is -0.410 e. The normalized spacial score (nSPS) is 9.95. The molecule has 0 heterocycles. The van der Waals surface area contributed by atoms with E-state index in [4.69, 9.17) is 15.9 Å². The molecular formula is C16H17N3O2. The second kappa shape index (κ2) is 6.56. The molecular weight excluding hydrogens is 266 g/mol. The maximum absolute atomic E-state index is 11.9. The van der Waals surface area contributed by atoms with Crippen LogP contribution < -0.4 is 15.8 Å². The zero-order valence-corrected chi connectivity index (χ0v) is 11.7. The van der Waals surface area contributed by atoms with Gasteiger partial charge in [-0.05, 0) is 36.2 Å².